The van der Waals surface area contributed by atoms with Crippen molar-refractivity contribution in [1.82, 2.24) is 0 Å². The van der Waals surface area contributed by atoms with Gasteiger partial charge in [-0.15, -0.1) is 0 Å². The van der Waals surface area contributed by atoms with Crippen molar-refractivity contribution < 1.29 is 19.0 Å². The van der Waals surface area contributed by atoms with Crippen LogP contribution in [-0.2, 0) is 0 Å². The highest BCUT2D eigenvalue weighted by molar-refractivity contribution is 5.49. The van der Waals surface area contributed by atoms with Gasteiger partial charge in [-0.2, -0.15) is 8.78 Å². The Morgan fingerprint density at radius 3 is 2.47 bits per heavy atom. The van der Waals surface area contributed by atoms with Crippen LogP contribution in [-0.4, -0.2) is 28.8 Å². The first-order valence-corrected chi connectivity index (χ1v) is 5.14. The van der Waals surface area contributed by atoms with Crippen molar-refractivity contribution in [3.63, 3.8) is 0 Å². The molecule has 92 valence electrons. The molecule has 1 rings (SSSR count). The van der Waals surface area contributed by atoms with E-state index in [0.29, 0.717) is 6.08 Å². The Morgan fingerprint density at radius 2 is 1.88 bits per heavy atom. The molecule has 2 nitrogen and oxygen atoms in total. The van der Waals surface area contributed by atoms with E-state index in [0.717, 1.165) is 17.7 Å². The predicted octanol–water partition coefficient (Wildman–Crippen LogP) is 2.24. The summed E-state index contributed by atoms with van der Waals surface area (Å²) in [6, 6.07) is 8.84. The highest BCUT2D eigenvalue weighted by Gasteiger charge is 2.33. The van der Waals surface area contributed by atoms with Crippen LogP contribution >= 0.6 is 0 Å². The Balaban J connectivity index is 2.68. The van der Waals surface area contributed by atoms with E-state index in [9.17, 15) is 13.9 Å². The van der Waals surface area contributed by atoms with Crippen molar-refractivity contribution in [2.45, 2.75) is 12.0 Å². The van der Waals surface area contributed by atoms with E-state index in [4.69, 9.17) is 5.11 Å². The topological polar surface area (TPSA) is 40.5 Å². The van der Waals surface area contributed by atoms with Crippen molar-refractivity contribution in [2.24, 2.45) is 0 Å². The van der Waals surface area contributed by atoms with Gasteiger partial charge in [0, 0.05) is 0 Å². The zero-order valence-corrected chi connectivity index (χ0v) is 9.13. The minimum Gasteiger partial charge on any atom is -0.392 e. The van der Waals surface area contributed by atoms with E-state index in [1.807, 2.05) is 6.07 Å². The lowest BCUT2D eigenvalue weighted by Gasteiger charge is -2.15. The van der Waals surface area contributed by atoms with Crippen LogP contribution in [0.25, 0.3) is 6.08 Å². The fourth-order valence-corrected chi connectivity index (χ4v) is 1.20. The standard InChI is InChI=1S/C13H14F2O2/c14-13(15,9-4-10-16)12(17)8-7-11-5-2-1-3-6-11/h1-9,12,16-17H,10H2/b8-7+,9-4-/t12-/m0/s1. The molecule has 0 unspecified atom stereocenters. The molecule has 0 saturated carbocycles. The van der Waals surface area contributed by atoms with Gasteiger partial charge in [-0.25, -0.2) is 0 Å². The molecule has 0 fully saturated rings. The second-order valence-electron chi connectivity index (χ2n) is 3.47. The minimum absolute atomic E-state index is 0.481. The van der Waals surface area contributed by atoms with Gasteiger partial charge in [0.25, 0.3) is 5.92 Å². The second kappa shape index (κ2) is 6.27. The number of rotatable bonds is 5. The molecule has 0 spiro atoms. The van der Waals surface area contributed by atoms with Gasteiger partial charge in [0.05, 0.1) is 6.61 Å². The molecule has 4 heteroatoms. The van der Waals surface area contributed by atoms with Crippen LogP contribution in [0, 0.1) is 0 Å². The van der Waals surface area contributed by atoms with Crippen molar-refractivity contribution in [2.75, 3.05) is 6.61 Å². The van der Waals surface area contributed by atoms with E-state index >= 15 is 0 Å². The molecule has 0 saturated heterocycles. The summed E-state index contributed by atoms with van der Waals surface area (Å²) < 4.78 is 26.4. The molecular formula is C13H14F2O2. The quantitative estimate of drug-likeness (QED) is 0.775. The third-order valence-electron chi connectivity index (χ3n) is 2.11. The van der Waals surface area contributed by atoms with E-state index in [-0.39, 0.29) is 0 Å². The van der Waals surface area contributed by atoms with E-state index < -0.39 is 18.6 Å². The van der Waals surface area contributed by atoms with Crippen LogP contribution in [0.15, 0.2) is 48.6 Å². The SMILES string of the molecule is OC/C=C\C(F)(F)[C@@H](O)/C=C/c1ccccc1. The maximum absolute atomic E-state index is 13.2. The van der Waals surface area contributed by atoms with Crippen molar-refractivity contribution in [1.29, 1.82) is 0 Å². The Kier molecular flexibility index (Phi) is 5.00. The number of aliphatic hydroxyl groups excluding tert-OH is 2. The lowest BCUT2D eigenvalue weighted by molar-refractivity contribution is -0.0449. The van der Waals surface area contributed by atoms with Crippen molar-refractivity contribution in [3.8, 4) is 0 Å². The normalized spacial score (nSPS) is 14.6. The predicted molar refractivity (Wildman–Crippen MR) is 62.7 cm³/mol. The van der Waals surface area contributed by atoms with Crippen LogP contribution in [0.3, 0.4) is 0 Å². The zero-order valence-electron chi connectivity index (χ0n) is 9.13. The third-order valence-corrected chi connectivity index (χ3v) is 2.11. The van der Waals surface area contributed by atoms with Gasteiger partial charge in [-0.1, -0.05) is 42.5 Å². The van der Waals surface area contributed by atoms with Gasteiger partial charge < -0.3 is 10.2 Å². The first-order valence-electron chi connectivity index (χ1n) is 5.14. The van der Waals surface area contributed by atoms with Gasteiger partial charge in [0.2, 0.25) is 0 Å². The van der Waals surface area contributed by atoms with Crippen LogP contribution in [0.2, 0.25) is 0 Å². The molecule has 1 aromatic rings. The van der Waals surface area contributed by atoms with E-state index in [2.05, 4.69) is 0 Å². The molecule has 0 heterocycles. The van der Waals surface area contributed by atoms with Gasteiger partial charge in [-0.3, -0.25) is 0 Å². The highest BCUT2D eigenvalue weighted by atomic mass is 19.3. The first-order chi connectivity index (χ1) is 8.06. The van der Waals surface area contributed by atoms with Crippen LogP contribution in [0.5, 0.6) is 0 Å². The largest absolute Gasteiger partial charge is 0.392 e. The van der Waals surface area contributed by atoms with Crippen LogP contribution < -0.4 is 0 Å². The molecule has 1 atom stereocenters. The number of halogens is 2. The molecule has 0 aliphatic carbocycles. The lowest BCUT2D eigenvalue weighted by atomic mass is 10.1. The molecule has 17 heavy (non-hydrogen) atoms. The molecule has 0 aliphatic rings. The van der Waals surface area contributed by atoms with E-state index in [1.54, 1.807) is 24.3 Å². The molecule has 0 aliphatic heterocycles. The number of benzene rings is 1. The second-order valence-corrected chi connectivity index (χ2v) is 3.47. The summed E-state index contributed by atoms with van der Waals surface area (Å²) >= 11 is 0. The summed E-state index contributed by atoms with van der Waals surface area (Å²) in [4.78, 5) is 0. The Hall–Kier alpha value is -1.52. The Labute approximate surface area is 98.5 Å². The fraction of sp³-hybridized carbons (Fsp3) is 0.231. The van der Waals surface area contributed by atoms with Gasteiger partial charge in [0.15, 0.2) is 0 Å². The zero-order chi connectivity index (χ0) is 12.7. The summed E-state index contributed by atoms with van der Waals surface area (Å²) in [5, 5.41) is 17.7. The third kappa shape index (κ3) is 4.46. The Morgan fingerprint density at radius 1 is 1.24 bits per heavy atom. The van der Waals surface area contributed by atoms with Gasteiger partial charge in [0.1, 0.15) is 6.10 Å². The molecular weight excluding hydrogens is 226 g/mol. The van der Waals surface area contributed by atoms with Crippen molar-refractivity contribution in [3.05, 3.63) is 54.1 Å². The molecule has 0 amide bonds. The lowest BCUT2D eigenvalue weighted by Crippen LogP contribution is -2.29. The van der Waals surface area contributed by atoms with Gasteiger partial charge in [-0.05, 0) is 17.7 Å². The van der Waals surface area contributed by atoms with Gasteiger partial charge >= 0.3 is 0 Å². The molecule has 2 N–H and O–H groups in total. The summed E-state index contributed by atoms with van der Waals surface area (Å²) in [5.41, 5.74) is 0.730. The maximum atomic E-state index is 13.2. The summed E-state index contributed by atoms with van der Waals surface area (Å²) in [5.74, 6) is -3.38. The fourth-order valence-electron chi connectivity index (χ4n) is 1.20. The highest BCUT2D eigenvalue weighted by Crippen LogP contribution is 2.22. The number of aliphatic hydroxyl groups is 2. The summed E-state index contributed by atoms with van der Waals surface area (Å²) in [6.07, 6.45) is 1.93. The number of hydrogen-bond acceptors (Lipinski definition) is 2. The average Bonchev–Trinajstić information content (AvgIpc) is 2.34. The summed E-state index contributed by atoms with van der Waals surface area (Å²) in [7, 11) is 0. The number of alkyl halides is 2. The maximum Gasteiger partial charge on any atom is 0.295 e. The van der Waals surface area contributed by atoms with Crippen LogP contribution in [0.1, 0.15) is 5.56 Å². The molecule has 0 aromatic heterocycles. The van der Waals surface area contributed by atoms with Crippen molar-refractivity contribution >= 4 is 6.08 Å². The molecule has 1 aromatic carbocycles. The molecule has 0 radical (unpaired) electrons. The minimum atomic E-state index is -3.38. The number of hydrogen-bond donors (Lipinski definition) is 2. The van der Waals surface area contributed by atoms with Crippen LogP contribution in [0.4, 0.5) is 8.78 Å². The molecule has 0 bridgehead atoms. The average molecular weight is 240 g/mol. The smallest absolute Gasteiger partial charge is 0.295 e. The monoisotopic (exact) mass is 240 g/mol. The Bertz CT molecular complexity index is 386. The summed E-state index contributed by atoms with van der Waals surface area (Å²) in [6.45, 7) is -0.481. The van der Waals surface area contributed by atoms with E-state index in [1.165, 1.54) is 6.08 Å². The first kappa shape index (κ1) is 13.5.